The highest BCUT2D eigenvalue weighted by Gasteiger charge is 2.05. The molecule has 2 nitrogen and oxygen atoms in total. The molecule has 0 spiro atoms. The van der Waals surface area contributed by atoms with Crippen molar-refractivity contribution in [1.29, 1.82) is 0 Å². The molecule has 1 rings (SSSR count). The molecule has 0 fully saturated rings. The third-order valence-electron chi connectivity index (χ3n) is 2.40. The molecule has 15 heavy (non-hydrogen) atoms. The normalized spacial score (nSPS) is 12.2. The fourth-order valence-electron chi connectivity index (χ4n) is 1.44. The zero-order valence-electron chi connectivity index (χ0n) is 9.49. The maximum atomic E-state index is 5.97. The fourth-order valence-corrected chi connectivity index (χ4v) is 1.44. The van der Waals surface area contributed by atoms with Crippen LogP contribution < -0.4 is 5.73 Å². The summed E-state index contributed by atoms with van der Waals surface area (Å²) in [7, 11) is 0. The van der Waals surface area contributed by atoms with Crippen LogP contribution in [0.5, 0.6) is 0 Å². The Kier molecular flexibility index (Phi) is 4.37. The molecule has 0 aliphatic rings. The van der Waals surface area contributed by atoms with Gasteiger partial charge >= 0.3 is 0 Å². The highest BCUT2D eigenvalue weighted by atomic mass is 16.5. The van der Waals surface area contributed by atoms with Crippen molar-refractivity contribution in [2.75, 3.05) is 6.61 Å². The second-order valence-electron chi connectivity index (χ2n) is 3.50. The van der Waals surface area contributed by atoms with E-state index in [4.69, 9.17) is 10.5 Å². The van der Waals surface area contributed by atoms with E-state index in [0.29, 0.717) is 12.4 Å². The first kappa shape index (κ1) is 11.8. The second-order valence-corrected chi connectivity index (χ2v) is 3.50. The third-order valence-corrected chi connectivity index (χ3v) is 2.40. The smallest absolute Gasteiger partial charge is 0.119 e. The first-order valence-corrected chi connectivity index (χ1v) is 5.36. The average Bonchev–Trinajstić information content (AvgIpc) is 2.28. The number of benzene rings is 1. The summed E-state index contributed by atoms with van der Waals surface area (Å²) in [6.07, 6.45) is 0.935. The van der Waals surface area contributed by atoms with Gasteiger partial charge in [-0.25, -0.2) is 0 Å². The predicted octanol–water partition coefficient (Wildman–Crippen LogP) is 3.10. The van der Waals surface area contributed by atoms with Gasteiger partial charge in [0.2, 0.25) is 0 Å². The monoisotopic (exact) mass is 205 g/mol. The lowest BCUT2D eigenvalue weighted by Crippen LogP contribution is -2.08. The third kappa shape index (κ3) is 3.10. The highest BCUT2D eigenvalue weighted by molar-refractivity contribution is 5.58. The van der Waals surface area contributed by atoms with Crippen LogP contribution in [-0.2, 0) is 4.74 Å². The van der Waals surface area contributed by atoms with E-state index in [9.17, 15) is 0 Å². The SMILES string of the molecule is C=C(OCC)c1cccc(C(N)CC)c1. The molecule has 2 N–H and O–H groups in total. The molecular formula is C13H19NO. The van der Waals surface area contributed by atoms with Crippen molar-refractivity contribution in [3.05, 3.63) is 42.0 Å². The Balaban J connectivity index is 2.87. The van der Waals surface area contributed by atoms with E-state index in [1.54, 1.807) is 0 Å². The molecule has 0 aromatic heterocycles. The van der Waals surface area contributed by atoms with Gasteiger partial charge in [-0.1, -0.05) is 31.7 Å². The van der Waals surface area contributed by atoms with Crippen LogP contribution in [0.25, 0.3) is 5.76 Å². The van der Waals surface area contributed by atoms with Crippen LogP contribution in [0.3, 0.4) is 0 Å². The number of hydrogen-bond donors (Lipinski definition) is 1. The Morgan fingerprint density at radius 3 is 2.80 bits per heavy atom. The van der Waals surface area contributed by atoms with Gasteiger partial charge in [0.05, 0.1) is 6.61 Å². The Morgan fingerprint density at radius 2 is 2.20 bits per heavy atom. The van der Waals surface area contributed by atoms with E-state index in [1.165, 1.54) is 0 Å². The van der Waals surface area contributed by atoms with Gasteiger partial charge in [0.25, 0.3) is 0 Å². The van der Waals surface area contributed by atoms with Crippen LogP contribution in [0.4, 0.5) is 0 Å². The molecule has 2 heteroatoms. The van der Waals surface area contributed by atoms with E-state index in [0.717, 1.165) is 17.5 Å². The molecule has 0 aliphatic heterocycles. The van der Waals surface area contributed by atoms with Crippen molar-refractivity contribution in [3.63, 3.8) is 0 Å². The van der Waals surface area contributed by atoms with Crippen molar-refractivity contribution in [1.82, 2.24) is 0 Å². The zero-order chi connectivity index (χ0) is 11.3. The van der Waals surface area contributed by atoms with Crippen molar-refractivity contribution in [2.45, 2.75) is 26.3 Å². The predicted molar refractivity (Wildman–Crippen MR) is 64.3 cm³/mol. The molecule has 0 saturated carbocycles. The average molecular weight is 205 g/mol. The lowest BCUT2D eigenvalue weighted by molar-refractivity contribution is 0.299. The largest absolute Gasteiger partial charge is 0.494 e. The Morgan fingerprint density at radius 1 is 1.47 bits per heavy atom. The van der Waals surface area contributed by atoms with E-state index in [-0.39, 0.29) is 6.04 Å². The van der Waals surface area contributed by atoms with Gasteiger partial charge in [-0.15, -0.1) is 0 Å². The van der Waals surface area contributed by atoms with Crippen molar-refractivity contribution in [2.24, 2.45) is 5.73 Å². The summed E-state index contributed by atoms with van der Waals surface area (Å²) in [4.78, 5) is 0. The molecular weight excluding hydrogens is 186 g/mol. The van der Waals surface area contributed by atoms with Crippen LogP contribution in [0.2, 0.25) is 0 Å². The van der Waals surface area contributed by atoms with Gasteiger partial charge in [-0.3, -0.25) is 0 Å². The molecule has 0 saturated heterocycles. The molecule has 0 radical (unpaired) electrons. The molecule has 1 aromatic carbocycles. The summed E-state index contributed by atoms with van der Waals surface area (Å²) in [6, 6.07) is 8.16. The summed E-state index contributed by atoms with van der Waals surface area (Å²) in [5.74, 6) is 0.711. The zero-order valence-corrected chi connectivity index (χ0v) is 9.49. The molecule has 82 valence electrons. The maximum Gasteiger partial charge on any atom is 0.119 e. The number of nitrogens with two attached hydrogens (primary N) is 1. The summed E-state index contributed by atoms with van der Waals surface area (Å²) in [5, 5.41) is 0. The molecule has 1 unspecified atom stereocenters. The van der Waals surface area contributed by atoms with Crippen LogP contribution in [-0.4, -0.2) is 6.61 Å². The number of rotatable bonds is 5. The van der Waals surface area contributed by atoms with Gasteiger partial charge in [0.15, 0.2) is 0 Å². The van der Waals surface area contributed by atoms with Crippen LogP contribution >= 0.6 is 0 Å². The lowest BCUT2D eigenvalue weighted by Gasteiger charge is -2.12. The van der Waals surface area contributed by atoms with E-state index >= 15 is 0 Å². The summed E-state index contributed by atoms with van der Waals surface area (Å²) in [6.45, 7) is 8.55. The van der Waals surface area contributed by atoms with Gasteiger partial charge < -0.3 is 10.5 Å². The number of hydrogen-bond acceptors (Lipinski definition) is 2. The molecule has 0 bridgehead atoms. The van der Waals surface area contributed by atoms with Gasteiger partial charge in [-0.2, -0.15) is 0 Å². The minimum absolute atomic E-state index is 0.0966. The Labute approximate surface area is 91.7 Å². The summed E-state index contributed by atoms with van der Waals surface area (Å²) in [5.41, 5.74) is 8.11. The van der Waals surface area contributed by atoms with Gasteiger partial charge in [0, 0.05) is 11.6 Å². The van der Waals surface area contributed by atoms with Crippen molar-refractivity contribution in [3.8, 4) is 0 Å². The van der Waals surface area contributed by atoms with Gasteiger partial charge in [-0.05, 0) is 25.0 Å². The Bertz CT molecular complexity index is 333. The molecule has 0 amide bonds. The summed E-state index contributed by atoms with van der Waals surface area (Å²) >= 11 is 0. The van der Waals surface area contributed by atoms with E-state index in [1.807, 2.05) is 31.2 Å². The maximum absolute atomic E-state index is 5.97. The van der Waals surface area contributed by atoms with Crippen LogP contribution in [0.1, 0.15) is 37.4 Å². The topological polar surface area (TPSA) is 35.2 Å². The summed E-state index contributed by atoms with van der Waals surface area (Å²) < 4.78 is 5.36. The second kappa shape index (κ2) is 5.56. The molecule has 1 atom stereocenters. The van der Waals surface area contributed by atoms with Crippen molar-refractivity contribution < 1.29 is 4.74 Å². The first-order chi connectivity index (χ1) is 7.19. The highest BCUT2D eigenvalue weighted by Crippen LogP contribution is 2.19. The number of ether oxygens (including phenoxy) is 1. The first-order valence-electron chi connectivity index (χ1n) is 5.36. The standard InChI is InChI=1S/C13H19NO/c1-4-13(14)12-8-6-7-11(9-12)10(3)15-5-2/h6-9,13H,3-5,14H2,1-2H3. The van der Waals surface area contributed by atoms with E-state index < -0.39 is 0 Å². The molecule has 0 aliphatic carbocycles. The molecule has 1 aromatic rings. The minimum Gasteiger partial charge on any atom is -0.494 e. The Hall–Kier alpha value is -1.28. The van der Waals surface area contributed by atoms with Crippen LogP contribution in [0.15, 0.2) is 30.8 Å². The quantitative estimate of drug-likeness (QED) is 0.750. The minimum atomic E-state index is 0.0966. The van der Waals surface area contributed by atoms with Crippen molar-refractivity contribution >= 4 is 5.76 Å². The fraction of sp³-hybridized carbons (Fsp3) is 0.385. The lowest BCUT2D eigenvalue weighted by atomic mass is 10.0. The van der Waals surface area contributed by atoms with Crippen LogP contribution in [0, 0.1) is 0 Å². The molecule has 0 heterocycles. The van der Waals surface area contributed by atoms with E-state index in [2.05, 4.69) is 13.5 Å². The van der Waals surface area contributed by atoms with Gasteiger partial charge in [0.1, 0.15) is 5.76 Å².